The van der Waals surface area contributed by atoms with Gasteiger partial charge in [0.1, 0.15) is 11.6 Å². The van der Waals surface area contributed by atoms with Crippen molar-refractivity contribution < 1.29 is 13.9 Å². The summed E-state index contributed by atoms with van der Waals surface area (Å²) in [4.78, 5) is 11.6. The quantitative estimate of drug-likeness (QED) is 0.768. The van der Waals surface area contributed by atoms with Crippen LogP contribution in [-0.2, 0) is 16.0 Å². The Morgan fingerprint density at radius 3 is 2.81 bits per heavy atom. The molecule has 0 aliphatic rings. The number of carbonyl (C=O) groups excluding carboxylic acids is 1. The topological polar surface area (TPSA) is 26.3 Å². The van der Waals surface area contributed by atoms with E-state index in [4.69, 9.17) is 4.74 Å². The van der Waals surface area contributed by atoms with Crippen LogP contribution in [0.1, 0.15) is 24.5 Å². The first-order chi connectivity index (χ1) is 7.52. The van der Waals surface area contributed by atoms with Crippen molar-refractivity contribution in [3.8, 4) is 0 Å². The van der Waals surface area contributed by atoms with Crippen LogP contribution in [0, 0.1) is 12.7 Å². The zero-order valence-electron chi connectivity index (χ0n) is 9.92. The second kappa shape index (κ2) is 5.75. The average molecular weight is 224 g/mol. The van der Waals surface area contributed by atoms with Crippen LogP contribution in [0.2, 0.25) is 0 Å². The predicted octanol–water partition coefficient (Wildman–Crippen LogP) is 2.67. The van der Waals surface area contributed by atoms with E-state index in [1.807, 2.05) is 13.8 Å². The van der Waals surface area contributed by atoms with E-state index in [0.717, 1.165) is 11.1 Å². The summed E-state index contributed by atoms with van der Waals surface area (Å²) in [5.41, 5.74) is 1.70. The number of hydrogen-bond acceptors (Lipinski definition) is 2. The molecule has 16 heavy (non-hydrogen) atoms. The highest BCUT2D eigenvalue weighted by Gasteiger charge is 2.10. The molecule has 0 heterocycles. The molecule has 0 bridgehead atoms. The lowest BCUT2D eigenvalue weighted by Crippen LogP contribution is -2.14. The van der Waals surface area contributed by atoms with Crippen LogP contribution in [0.25, 0.3) is 0 Å². The van der Waals surface area contributed by atoms with Crippen LogP contribution >= 0.6 is 0 Å². The Labute approximate surface area is 95.4 Å². The molecule has 0 fully saturated rings. The van der Waals surface area contributed by atoms with Crippen LogP contribution in [0.5, 0.6) is 0 Å². The number of halogens is 1. The van der Waals surface area contributed by atoms with E-state index in [2.05, 4.69) is 0 Å². The number of rotatable bonds is 5. The highest BCUT2D eigenvalue weighted by atomic mass is 19.1. The highest BCUT2D eigenvalue weighted by Crippen LogP contribution is 2.12. The van der Waals surface area contributed by atoms with E-state index in [-0.39, 0.29) is 24.1 Å². The van der Waals surface area contributed by atoms with Crippen molar-refractivity contribution in [3.63, 3.8) is 0 Å². The van der Waals surface area contributed by atoms with Gasteiger partial charge in [-0.1, -0.05) is 6.07 Å². The molecular formula is C13H17FO2. The third kappa shape index (κ3) is 3.74. The fraction of sp³-hybridized carbons (Fsp3) is 0.462. The van der Waals surface area contributed by atoms with E-state index < -0.39 is 0 Å². The Balaban J connectivity index is 2.65. The Morgan fingerprint density at radius 2 is 2.19 bits per heavy atom. The number of aryl methyl sites for hydroxylation is 1. The van der Waals surface area contributed by atoms with Crippen LogP contribution in [0.4, 0.5) is 4.39 Å². The van der Waals surface area contributed by atoms with Crippen molar-refractivity contribution >= 4 is 5.78 Å². The average Bonchev–Trinajstić information content (AvgIpc) is 2.23. The molecule has 88 valence electrons. The molecule has 1 aromatic rings. The summed E-state index contributed by atoms with van der Waals surface area (Å²) in [7, 11) is 1.57. The number of ether oxygens (including phenoxy) is 1. The normalized spacial score (nSPS) is 12.5. The second-order valence-corrected chi connectivity index (χ2v) is 4.04. The first-order valence-electron chi connectivity index (χ1n) is 5.32. The van der Waals surface area contributed by atoms with Gasteiger partial charge < -0.3 is 4.74 Å². The van der Waals surface area contributed by atoms with Gasteiger partial charge in [-0.15, -0.1) is 0 Å². The molecule has 0 aliphatic heterocycles. The maximum absolute atomic E-state index is 13.0. The van der Waals surface area contributed by atoms with Gasteiger partial charge in [0.15, 0.2) is 0 Å². The van der Waals surface area contributed by atoms with E-state index in [9.17, 15) is 9.18 Å². The third-order valence-electron chi connectivity index (χ3n) is 2.62. The summed E-state index contributed by atoms with van der Waals surface area (Å²) in [6.45, 7) is 3.72. The molecule has 3 heteroatoms. The maximum Gasteiger partial charge on any atom is 0.139 e. The standard InChI is InChI=1S/C13H17FO2/c1-9-4-5-12(14)7-11(9)8-13(15)6-10(2)16-3/h4-5,7,10H,6,8H2,1-3H3. The van der Waals surface area contributed by atoms with Crippen molar-refractivity contribution in [1.29, 1.82) is 0 Å². The van der Waals surface area contributed by atoms with Crippen molar-refractivity contribution in [1.82, 2.24) is 0 Å². The summed E-state index contributed by atoms with van der Waals surface area (Å²) in [6, 6.07) is 4.52. The van der Waals surface area contributed by atoms with Crippen LogP contribution in [0.15, 0.2) is 18.2 Å². The molecule has 0 aliphatic carbocycles. The molecule has 0 radical (unpaired) electrons. The van der Waals surface area contributed by atoms with E-state index >= 15 is 0 Å². The van der Waals surface area contributed by atoms with Crippen LogP contribution in [-0.4, -0.2) is 19.0 Å². The molecule has 1 unspecified atom stereocenters. The second-order valence-electron chi connectivity index (χ2n) is 4.04. The van der Waals surface area contributed by atoms with Gasteiger partial charge >= 0.3 is 0 Å². The van der Waals surface area contributed by atoms with Crippen molar-refractivity contribution in [3.05, 3.63) is 35.1 Å². The summed E-state index contributed by atoms with van der Waals surface area (Å²) in [5, 5.41) is 0. The lowest BCUT2D eigenvalue weighted by atomic mass is 10.0. The summed E-state index contributed by atoms with van der Waals surface area (Å²) in [5.74, 6) is -0.226. The minimum Gasteiger partial charge on any atom is -0.381 e. The molecule has 1 rings (SSSR count). The SMILES string of the molecule is COC(C)CC(=O)Cc1cc(F)ccc1C. The van der Waals surface area contributed by atoms with E-state index in [1.165, 1.54) is 12.1 Å². The van der Waals surface area contributed by atoms with Crippen molar-refractivity contribution in [2.24, 2.45) is 0 Å². The minimum absolute atomic E-state index is 0.0723. The zero-order chi connectivity index (χ0) is 12.1. The van der Waals surface area contributed by atoms with Gasteiger partial charge in [0, 0.05) is 20.0 Å². The first-order valence-corrected chi connectivity index (χ1v) is 5.32. The van der Waals surface area contributed by atoms with Crippen molar-refractivity contribution in [2.45, 2.75) is 32.8 Å². The number of benzene rings is 1. The predicted molar refractivity (Wildman–Crippen MR) is 60.9 cm³/mol. The molecule has 0 spiro atoms. The summed E-state index contributed by atoms with van der Waals surface area (Å²) >= 11 is 0. The van der Waals surface area contributed by atoms with Crippen LogP contribution < -0.4 is 0 Å². The van der Waals surface area contributed by atoms with Gasteiger partial charge in [-0.2, -0.15) is 0 Å². The Morgan fingerprint density at radius 1 is 1.50 bits per heavy atom. The number of ketones is 1. The van der Waals surface area contributed by atoms with Gasteiger partial charge in [-0.3, -0.25) is 4.79 Å². The lowest BCUT2D eigenvalue weighted by Gasteiger charge is -2.09. The minimum atomic E-state index is -0.298. The maximum atomic E-state index is 13.0. The molecule has 0 amide bonds. The Hall–Kier alpha value is -1.22. The third-order valence-corrected chi connectivity index (χ3v) is 2.62. The van der Waals surface area contributed by atoms with Crippen LogP contribution in [0.3, 0.4) is 0 Å². The summed E-state index contributed by atoms with van der Waals surface area (Å²) < 4.78 is 18.0. The zero-order valence-corrected chi connectivity index (χ0v) is 9.92. The van der Waals surface area contributed by atoms with E-state index in [0.29, 0.717) is 6.42 Å². The van der Waals surface area contributed by atoms with Gasteiger partial charge in [0.2, 0.25) is 0 Å². The molecule has 0 aromatic heterocycles. The number of methoxy groups -OCH3 is 1. The molecular weight excluding hydrogens is 207 g/mol. The molecule has 0 N–H and O–H groups in total. The van der Waals surface area contributed by atoms with Gasteiger partial charge in [-0.05, 0) is 37.1 Å². The fourth-order valence-electron chi connectivity index (χ4n) is 1.52. The Bertz CT molecular complexity index is 374. The molecule has 1 atom stereocenters. The number of hydrogen-bond donors (Lipinski definition) is 0. The first kappa shape index (κ1) is 12.8. The molecule has 2 nitrogen and oxygen atoms in total. The number of carbonyl (C=O) groups is 1. The fourth-order valence-corrected chi connectivity index (χ4v) is 1.52. The van der Waals surface area contributed by atoms with Crippen molar-refractivity contribution in [2.75, 3.05) is 7.11 Å². The van der Waals surface area contributed by atoms with E-state index in [1.54, 1.807) is 13.2 Å². The summed E-state index contributed by atoms with van der Waals surface area (Å²) in [6.07, 6.45) is 0.561. The monoisotopic (exact) mass is 224 g/mol. The van der Waals surface area contributed by atoms with Gasteiger partial charge in [0.25, 0.3) is 0 Å². The molecule has 0 saturated heterocycles. The van der Waals surface area contributed by atoms with Gasteiger partial charge in [0.05, 0.1) is 6.10 Å². The van der Waals surface area contributed by atoms with Gasteiger partial charge in [-0.25, -0.2) is 4.39 Å². The largest absolute Gasteiger partial charge is 0.381 e. The lowest BCUT2D eigenvalue weighted by molar-refractivity contribution is -0.120. The Kier molecular flexibility index (Phi) is 4.62. The highest BCUT2D eigenvalue weighted by molar-refractivity contribution is 5.81. The molecule has 0 saturated carbocycles. The number of Topliss-reactive ketones (excluding diaryl/α,β-unsaturated/α-hetero) is 1. The molecule has 1 aromatic carbocycles. The smallest absolute Gasteiger partial charge is 0.139 e.